The Morgan fingerprint density at radius 1 is 1.70 bits per heavy atom. The molecule has 10 heavy (non-hydrogen) atoms. The van der Waals surface area contributed by atoms with Crippen LogP contribution in [-0.2, 0) is 4.79 Å². The molecule has 0 spiro atoms. The van der Waals surface area contributed by atoms with E-state index in [9.17, 15) is 4.79 Å². The lowest BCUT2D eigenvalue weighted by molar-refractivity contribution is -0.121. The summed E-state index contributed by atoms with van der Waals surface area (Å²) >= 11 is 0. The number of carbonyl (C=O) groups excluding carboxylic acids is 1. The summed E-state index contributed by atoms with van der Waals surface area (Å²) in [5, 5.41) is 2.99. The average Bonchev–Trinajstić information content (AvgIpc) is 1.88. The van der Waals surface area contributed by atoms with Crippen molar-refractivity contribution in [3.05, 3.63) is 0 Å². The van der Waals surface area contributed by atoms with Crippen LogP contribution in [0.2, 0.25) is 0 Å². The van der Waals surface area contributed by atoms with E-state index < -0.39 is 0 Å². The van der Waals surface area contributed by atoms with Crippen LogP contribution >= 0.6 is 0 Å². The van der Waals surface area contributed by atoms with Gasteiger partial charge in [-0.15, -0.1) is 0 Å². The number of hydrogen-bond acceptors (Lipinski definition) is 3. The SMILES string of the molecule is CC(CNCCN)C(N)=O. The number of hydrogen-bond donors (Lipinski definition) is 3. The van der Waals surface area contributed by atoms with Crippen molar-refractivity contribution in [3.8, 4) is 0 Å². The Kier molecular flexibility index (Phi) is 4.88. The van der Waals surface area contributed by atoms with Crippen molar-refractivity contribution in [2.45, 2.75) is 6.92 Å². The Balaban J connectivity index is 3.21. The summed E-state index contributed by atoms with van der Waals surface area (Å²) in [5.74, 6) is -0.379. The molecule has 0 aliphatic carbocycles. The van der Waals surface area contributed by atoms with Crippen molar-refractivity contribution in [2.24, 2.45) is 17.4 Å². The number of nitrogens with one attached hydrogen (secondary N) is 1. The summed E-state index contributed by atoms with van der Waals surface area (Å²) in [6.07, 6.45) is 0. The maximum atomic E-state index is 10.4. The molecule has 0 saturated carbocycles. The van der Waals surface area contributed by atoms with Gasteiger partial charge >= 0.3 is 0 Å². The van der Waals surface area contributed by atoms with E-state index in [1.807, 2.05) is 0 Å². The fourth-order valence-corrected chi connectivity index (χ4v) is 0.521. The van der Waals surface area contributed by atoms with Crippen LogP contribution in [0.15, 0.2) is 0 Å². The van der Waals surface area contributed by atoms with Crippen LogP contribution in [0.3, 0.4) is 0 Å². The highest BCUT2D eigenvalue weighted by Gasteiger charge is 2.05. The fraction of sp³-hybridized carbons (Fsp3) is 0.833. The van der Waals surface area contributed by atoms with Gasteiger partial charge in [0.25, 0.3) is 0 Å². The van der Waals surface area contributed by atoms with Crippen molar-refractivity contribution in [2.75, 3.05) is 19.6 Å². The van der Waals surface area contributed by atoms with Gasteiger partial charge in [0.15, 0.2) is 0 Å². The zero-order valence-corrected chi connectivity index (χ0v) is 6.26. The first-order valence-corrected chi connectivity index (χ1v) is 3.38. The molecule has 0 aromatic carbocycles. The zero-order valence-electron chi connectivity index (χ0n) is 6.26. The van der Waals surface area contributed by atoms with Crippen molar-refractivity contribution >= 4 is 5.91 Å². The van der Waals surface area contributed by atoms with Gasteiger partial charge in [0.1, 0.15) is 0 Å². The minimum atomic E-state index is -0.274. The highest BCUT2D eigenvalue weighted by Crippen LogP contribution is 1.87. The van der Waals surface area contributed by atoms with Gasteiger partial charge in [-0.1, -0.05) is 6.92 Å². The average molecular weight is 145 g/mol. The molecule has 0 aliphatic heterocycles. The molecule has 0 rings (SSSR count). The fourth-order valence-electron chi connectivity index (χ4n) is 0.521. The summed E-state index contributed by atoms with van der Waals surface area (Å²) in [5.41, 5.74) is 10.2. The number of nitrogens with two attached hydrogens (primary N) is 2. The summed E-state index contributed by atoms with van der Waals surface area (Å²) in [6.45, 7) is 3.72. The monoisotopic (exact) mass is 145 g/mol. The molecule has 4 heteroatoms. The molecule has 1 unspecified atom stereocenters. The molecule has 1 atom stereocenters. The van der Waals surface area contributed by atoms with E-state index in [0.29, 0.717) is 13.1 Å². The second kappa shape index (κ2) is 5.20. The van der Waals surface area contributed by atoms with Crippen LogP contribution in [0.5, 0.6) is 0 Å². The summed E-state index contributed by atoms with van der Waals surface area (Å²) in [7, 11) is 0. The van der Waals surface area contributed by atoms with E-state index in [1.54, 1.807) is 6.92 Å². The standard InChI is InChI=1S/C6H15N3O/c1-5(6(8)10)4-9-3-2-7/h5,9H,2-4,7H2,1H3,(H2,8,10). The van der Waals surface area contributed by atoms with Gasteiger partial charge in [-0.3, -0.25) is 4.79 Å². The summed E-state index contributed by atoms with van der Waals surface area (Å²) in [4.78, 5) is 10.4. The number of carbonyl (C=O) groups is 1. The lowest BCUT2D eigenvalue weighted by atomic mass is 10.2. The summed E-state index contributed by atoms with van der Waals surface area (Å²) in [6, 6.07) is 0. The van der Waals surface area contributed by atoms with Crippen LogP contribution in [0.1, 0.15) is 6.92 Å². The van der Waals surface area contributed by atoms with E-state index >= 15 is 0 Å². The Bertz CT molecular complexity index is 105. The lowest BCUT2D eigenvalue weighted by Crippen LogP contribution is -2.33. The van der Waals surface area contributed by atoms with Gasteiger partial charge < -0.3 is 16.8 Å². The van der Waals surface area contributed by atoms with Gasteiger partial charge in [-0.25, -0.2) is 0 Å². The first-order valence-electron chi connectivity index (χ1n) is 3.38. The number of amides is 1. The molecule has 0 aromatic rings. The van der Waals surface area contributed by atoms with Gasteiger partial charge in [0.2, 0.25) is 5.91 Å². The van der Waals surface area contributed by atoms with Crippen molar-refractivity contribution in [3.63, 3.8) is 0 Å². The molecular formula is C6H15N3O. The van der Waals surface area contributed by atoms with Gasteiger partial charge in [-0.2, -0.15) is 0 Å². The Morgan fingerprint density at radius 3 is 2.70 bits per heavy atom. The van der Waals surface area contributed by atoms with Gasteiger partial charge in [-0.05, 0) is 0 Å². The molecule has 0 saturated heterocycles. The maximum absolute atomic E-state index is 10.4. The third kappa shape index (κ3) is 4.29. The molecule has 0 heterocycles. The van der Waals surface area contributed by atoms with E-state index in [-0.39, 0.29) is 11.8 Å². The molecule has 0 bridgehead atoms. The first kappa shape index (κ1) is 9.39. The largest absolute Gasteiger partial charge is 0.369 e. The minimum absolute atomic E-state index is 0.105. The Hall–Kier alpha value is -0.610. The maximum Gasteiger partial charge on any atom is 0.221 e. The molecule has 0 fully saturated rings. The lowest BCUT2D eigenvalue weighted by Gasteiger charge is -2.06. The van der Waals surface area contributed by atoms with Crippen molar-refractivity contribution < 1.29 is 4.79 Å². The molecule has 0 aliphatic rings. The predicted molar refractivity (Wildman–Crippen MR) is 40.3 cm³/mol. The third-order valence-electron chi connectivity index (χ3n) is 1.26. The Labute approximate surface area is 61.0 Å². The van der Waals surface area contributed by atoms with E-state index in [4.69, 9.17) is 11.5 Å². The normalized spacial score (nSPS) is 13.0. The second-order valence-electron chi connectivity index (χ2n) is 2.30. The van der Waals surface area contributed by atoms with Crippen LogP contribution in [-0.4, -0.2) is 25.5 Å². The van der Waals surface area contributed by atoms with Crippen molar-refractivity contribution in [1.29, 1.82) is 0 Å². The van der Waals surface area contributed by atoms with Gasteiger partial charge in [0, 0.05) is 25.6 Å². The molecule has 5 N–H and O–H groups in total. The first-order chi connectivity index (χ1) is 4.68. The molecule has 60 valence electrons. The zero-order chi connectivity index (χ0) is 7.98. The van der Waals surface area contributed by atoms with Crippen LogP contribution in [0.25, 0.3) is 0 Å². The van der Waals surface area contributed by atoms with Crippen LogP contribution in [0, 0.1) is 5.92 Å². The number of primary amides is 1. The summed E-state index contributed by atoms with van der Waals surface area (Å²) < 4.78 is 0. The van der Waals surface area contributed by atoms with Crippen LogP contribution in [0.4, 0.5) is 0 Å². The predicted octanol–water partition coefficient (Wildman–Crippen LogP) is -1.34. The highest BCUT2D eigenvalue weighted by molar-refractivity contribution is 5.76. The highest BCUT2D eigenvalue weighted by atomic mass is 16.1. The van der Waals surface area contributed by atoms with Crippen molar-refractivity contribution in [1.82, 2.24) is 5.32 Å². The van der Waals surface area contributed by atoms with E-state index in [2.05, 4.69) is 5.32 Å². The molecule has 0 radical (unpaired) electrons. The molecule has 0 aromatic heterocycles. The molecular weight excluding hydrogens is 130 g/mol. The Morgan fingerprint density at radius 2 is 2.30 bits per heavy atom. The quantitative estimate of drug-likeness (QED) is 0.419. The third-order valence-corrected chi connectivity index (χ3v) is 1.26. The topological polar surface area (TPSA) is 81.1 Å². The van der Waals surface area contributed by atoms with E-state index in [0.717, 1.165) is 6.54 Å². The smallest absolute Gasteiger partial charge is 0.221 e. The molecule has 1 amide bonds. The molecule has 4 nitrogen and oxygen atoms in total. The number of rotatable bonds is 5. The minimum Gasteiger partial charge on any atom is -0.369 e. The van der Waals surface area contributed by atoms with Gasteiger partial charge in [0.05, 0.1) is 0 Å². The van der Waals surface area contributed by atoms with Crippen LogP contribution < -0.4 is 16.8 Å². The second-order valence-corrected chi connectivity index (χ2v) is 2.30. The van der Waals surface area contributed by atoms with E-state index in [1.165, 1.54) is 0 Å².